The first-order valence-corrected chi connectivity index (χ1v) is 5.29. The molecule has 1 saturated heterocycles. The fourth-order valence-corrected chi connectivity index (χ4v) is 1.62. The molecule has 5 atom stereocenters. The van der Waals surface area contributed by atoms with Crippen LogP contribution in [-0.4, -0.2) is 59.5 Å². The summed E-state index contributed by atoms with van der Waals surface area (Å²) in [5.74, 6) is -1.60. The fraction of sp³-hybridized carbons (Fsp3) is 0.800. The molecular formula is C10H15FO7. The zero-order valence-electron chi connectivity index (χ0n) is 9.91. The number of halogens is 1. The number of rotatable bonds is 3. The van der Waals surface area contributed by atoms with Crippen LogP contribution in [0.25, 0.3) is 0 Å². The predicted octanol–water partition coefficient (Wildman–Crippen LogP) is -1.10. The first-order valence-electron chi connectivity index (χ1n) is 5.29. The lowest BCUT2D eigenvalue weighted by Gasteiger charge is -2.39. The third kappa shape index (κ3) is 3.37. The molecule has 1 rings (SSSR count). The average molecular weight is 266 g/mol. The summed E-state index contributed by atoms with van der Waals surface area (Å²) in [6.07, 6.45) is -7.97. The highest BCUT2D eigenvalue weighted by atomic mass is 19.1. The second-order valence-electron chi connectivity index (χ2n) is 3.84. The van der Waals surface area contributed by atoms with Crippen LogP contribution >= 0.6 is 0 Å². The molecule has 0 saturated carbocycles. The van der Waals surface area contributed by atoms with Gasteiger partial charge in [0, 0.05) is 13.8 Å². The van der Waals surface area contributed by atoms with Gasteiger partial charge in [0.15, 0.2) is 6.10 Å². The van der Waals surface area contributed by atoms with Crippen LogP contribution in [0.15, 0.2) is 0 Å². The third-order valence-electron chi connectivity index (χ3n) is 2.36. The Morgan fingerprint density at radius 2 is 1.83 bits per heavy atom. The summed E-state index contributed by atoms with van der Waals surface area (Å²) in [6, 6.07) is 0. The van der Waals surface area contributed by atoms with E-state index in [1.54, 1.807) is 0 Å². The van der Waals surface area contributed by atoms with Crippen molar-refractivity contribution in [2.24, 2.45) is 0 Å². The molecule has 18 heavy (non-hydrogen) atoms. The maximum absolute atomic E-state index is 13.9. The first-order chi connectivity index (χ1) is 8.36. The Hall–Kier alpha value is -1.25. The summed E-state index contributed by atoms with van der Waals surface area (Å²) in [5, 5.41) is 18.6. The lowest BCUT2D eigenvalue weighted by Crippen LogP contribution is -2.59. The van der Waals surface area contributed by atoms with E-state index in [4.69, 9.17) is 9.84 Å². The number of aliphatic hydroxyl groups is 2. The van der Waals surface area contributed by atoms with Crippen molar-refractivity contribution in [1.29, 1.82) is 0 Å². The SMILES string of the molecule is CC(=O)O[C@H]1O[C@H](CO)[C@@H](O)[C@H](OC(C)=O)[C@@H]1F. The van der Waals surface area contributed by atoms with E-state index in [1.807, 2.05) is 0 Å². The number of hydrogen-bond donors (Lipinski definition) is 2. The van der Waals surface area contributed by atoms with Crippen LogP contribution in [0.4, 0.5) is 4.39 Å². The van der Waals surface area contributed by atoms with Crippen molar-refractivity contribution in [3.05, 3.63) is 0 Å². The van der Waals surface area contributed by atoms with Gasteiger partial charge in [0.05, 0.1) is 6.61 Å². The van der Waals surface area contributed by atoms with Crippen molar-refractivity contribution >= 4 is 11.9 Å². The normalized spacial score (nSPS) is 35.9. The molecule has 1 fully saturated rings. The highest BCUT2D eigenvalue weighted by molar-refractivity contribution is 5.67. The van der Waals surface area contributed by atoms with Gasteiger partial charge in [-0.25, -0.2) is 4.39 Å². The molecule has 0 spiro atoms. The third-order valence-corrected chi connectivity index (χ3v) is 2.36. The monoisotopic (exact) mass is 266 g/mol. The molecule has 1 aliphatic rings. The topological polar surface area (TPSA) is 102 Å². The molecule has 8 heteroatoms. The Morgan fingerprint density at radius 3 is 2.28 bits per heavy atom. The smallest absolute Gasteiger partial charge is 0.305 e. The molecule has 0 aromatic rings. The highest BCUT2D eigenvalue weighted by Crippen LogP contribution is 2.26. The van der Waals surface area contributed by atoms with Crippen LogP contribution in [0.5, 0.6) is 0 Å². The first kappa shape index (κ1) is 14.8. The van der Waals surface area contributed by atoms with Crippen molar-refractivity contribution in [2.45, 2.75) is 44.6 Å². The van der Waals surface area contributed by atoms with Crippen LogP contribution in [0.2, 0.25) is 0 Å². The Balaban J connectivity index is 2.84. The number of hydrogen-bond acceptors (Lipinski definition) is 7. The number of carbonyl (C=O) groups is 2. The van der Waals surface area contributed by atoms with E-state index in [2.05, 4.69) is 9.47 Å². The van der Waals surface area contributed by atoms with E-state index in [0.29, 0.717) is 0 Å². The second kappa shape index (κ2) is 6.07. The molecule has 1 aliphatic heterocycles. The summed E-state index contributed by atoms with van der Waals surface area (Å²) >= 11 is 0. The molecule has 0 aromatic heterocycles. The van der Waals surface area contributed by atoms with E-state index in [0.717, 1.165) is 13.8 Å². The zero-order chi connectivity index (χ0) is 13.9. The van der Waals surface area contributed by atoms with Crippen LogP contribution < -0.4 is 0 Å². The number of alkyl halides is 1. The molecule has 0 unspecified atom stereocenters. The Bertz CT molecular complexity index is 321. The van der Waals surface area contributed by atoms with Crippen molar-refractivity contribution in [3.63, 3.8) is 0 Å². The number of ether oxygens (including phenoxy) is 3. The summed E-state index contributed by atoms with van der Waals surface area (Å²) in [5.41, 5.74) is 0. The van der Waals surface area contributed by atoms with Gasteiger partial charge in [0.1, 0.15) is 12.2 Å². The fourth-order valence-electron chi connectivity index (χ4n) is 1.62. The van der Waals surface area contributed by atoms with E-state index in [9.17, 15) is 19.1 Å². The standard InChI is InChI=1S/C10H15FO7/c1-4(13)16-9-7(11)10(17-5(2)14)18-6(3-12)8(9)15/h6-10,12,15H,3H2,1-2H3/t6-,7+,8-,9-,10+/m1/s1. The van der Waals surface area contributed by atoms with Crippen molar-refractivity contribution in [3.8, 4) is 0 Å². The number of esters is 2. The molecule has 0 aromatic carbocycles. The Morgan fingerprint density at radius 1 is 1.28 bits per heavy atom. The van der Waals surface area contributed by atoms with Crippen LogP contribution in [-0.2, 0) is 23.8 Å². The van der Waals surface area contributed by atoms with Gasteiger partial charge in [0.2, 0.25) is 12.5 Å². The van der Waals surface area contributed by atoms with E-state index in [1.165, 1.54) is 0 Å². The second-order valence-corrected chi connectivity index (χ2v) is 3.84. The number of aliphatic hydroxyl groups excluding tert-OH is 2. The molecule has 7 nitrogen and oxygen atoms in total. The Kier molecular flexibility index (Phi) is 5.00. The van der Waals surface area contributed by atoms with Gasteiger partial charge >= 0.3 is 11.9 Å². The largest absolute Gasteiger partial charge is 0.456 e. The van der Waals surface area contributed by atoms with Gasteiger partial charge < -0.3 is 24.4 Å². The van der Waals surface area contributed by atoms with Crippen LogP contribution in [0, 0.1) is 0 Å². The minimum atomic E-state index is -2.03. The lowest BCUT2D eigenvalue weighted by molar-refractivity contribution is -0.280. The molecule has 1 heterocycles. The molecule has 0 amide bonds. The summed E-state index contributed by atoms with van der Waals surface area (Å²) in [7, 11) is 0. The van der Waals surface area contributed by atoms with Crippen LogP contribution in [0.3, 0.4) is 0 Å². The van der Waals surface area contributed by atoms with Gasteiger partial charge in [-0.05, 0) is 0 Å². The minimum Gasteiger partial charge on any atom is -0.456 e. The molecule has 104 valence electrons. The molecule has 0 bridgehead atoms. The maximum atomic E-state index is 13.9. The summed E-state index contributed by atoms with van der Waals surface area (Å²) < 4.78 is 27.9. The summed E-state index contributed by atoms with van der Waals surface area (Å²) in [6.45, 7) is 1.46. The number of carbonyl (C=O) groups excluding carboxylic acids is 2. The summed E-state index contributed by atoms with van der Waals surface area (Å²) in [4.78, 5) is 21.6. The predicted molar refractivity (Wildman–Crippen MR) is 54.0 cm³/mol. The van der Waals surface area contributed by atoms with Crippen molar-refractivity contribution < 1.29 is 38.4 Å². The van der Waals surface area contributed by atoms with Gasteiger partial charge in [-0.1, -0.05) is 0 Å². The molecule has 0 radical (unpaired) electrons. The van der Waals surface area contributed by atoms with E-state index in [-0.39, 0.29) is 0 Å². The van der Waals surface area contributed by atoms with Gasteiger partial charge in [-0.15, -0.1) is 0 Å². The minimum absolute atomic E-state index is 0.635. The van der Waals surface area contributed by atoms with Gasteiger partial charge in [0.25, 0.3) is 0 Å². The Labute approximate surface area is 102 Å². The quantitative estimate of drug-likeness (QED) is 0.625. The van der Waals surface area contributed by atoms with Crippen LogP contribution in [0.1, 0.15) is 13.8 Å². The highest BCUT2D eigenvalue weighted by Gasteiger charge is 2.49. The van der Waals surface area contributed by atoms with Crippen molar-refractivity contribution in [1.82, 2.24) is 0 Å². The molecular weight excluding hydrogens is 251 g/mol. The van der Waals surface area contributed by atoms with E-state index < -0.39 is 49.3 Å². The maximum Gasteiger partial charge on any atom is 0.305 e. The van der Waals surface area contributed by atoms with Gasteiger partial charge in [-0.2, -0.15) is 0 Å². The average Bonchev–Trinajstić information content (AvgIpc) is 2.27. The van der Waals surface area contributed by atoms with Gasteiger partial charge in [-0.3, -0.25) is 9.59 Å². The zero-order valence-corrected chi connectivity index (χ0v) is 9.91. The van der Waals surface area contributed by atoms with Crippen molar-refractivity contribution in [2.75, 3.05) is 6.61 Å². The van der Waals surface area contributed by atoms with E-state index >= 15 is 0 Å². The molecule has 0 aliphatic carbocycles. The lowest BCUT2D eigenvalue weighted by atomic mass is 10.00. The molecule has 2 N–H and O–H groups in total.